The molecular formula is C21H27NO6. The Kier molecular flexibility index (Phi) is 10.1. The van der Waals surface area contributed by atoms with Gasteiger partial charge in [0.25, 0.3) is 0 Å². The van der Waals surface area contributed by atoms with Gasteiger partial charge < -0.3 is 19.5 Å². The van der Waals surface area contributed by atoms with Crippen LogP contribution in [0.25, 0.3) is 0 Å². The standard InChI is InChI=1S/C21H27NO6/c1-4-18(23)26-14-21(6-3,15-27-19(24)5-2)16-28-20(25)12-11-17-10-8-7-9-13-22-17/h4-5,7-10,13,22H,1-2,6,11-12,14-16H2,3H3. The van der Waals surface area contributed by atoms with Gasteiger partial charge in [0, 0.05) is 24.0 Å². The van der Waals surface area contributed by atoms with Crippen molar-refractivity contribution in [2.75, 3.05) is 19.8 Å². The van der Waals surface area contributed by atoms with Gasteiger partial charge in [0.1, 0.15) is 19.8 Å². The molecule has 0 spiro atoms. The molecule has 0 radical (unpaired) electrons. The first-order chi connectivity index (χ1) is 13.4. The Hall–Kier alpha value is -3.09. The van der Waals surface area contributed by atoms with Gasteiger partial charge in [0.15, 0.2) is 0 Å². The summed E-state index contributed by atoms with van der Waals surface area (Å²) in [5.74, 6) is -1.61. The van der Waals surface area contributed by atoms with Gasteiger partial charge in [-0.3, -0.25) is 4.79 Å². The third kappa shape index (κ3) is 8.53. The number of hydrogen-bond donors (Lipinski definition) is 1. The Labute approximate surface area is 165 Å². The summed E-state index contributed by atoms with van der Waals surface area (Å²) >= 11 is 0. The number of nitrogens with one attached hydrogen (secondary N) is 1. The van der Waals surface area contributed by atoms with E-state index in [0.29, 0.717) is 12.8 Å². The van der Waals surface area contributed by atoms with E-state index in [4.69, 9.17) is 14.2 Å². The average molecular weight is 389 g/mol. The minimum atomic E-state index is -0.849. The van der Waals surface area contributed by atoms with Crippen LogP contribution in [0.4, 0.5) is 0 Å². The van der Waals surface area contributed by atoms with Crippen LogP contribution in [0.2, 0.25) is 0 Å². The lowest BCUT2D eigenvalue weighted by Gasteiger charge is -2.30. The van der Waals surface area contributed by atoms with E-state index < -0.39 is 23.3 Å². The van der Waals surface area contributed by atoms with Gasteiger partial charge in [-0.1, -0.05) is 32.2 Å². The third-order valence-electron chi connectivity index (χ3n) is 4.15. The molecule has 0 saturated heterocycles. The van der Waals surface area contributed by atoms with Crippen LogP contribution in [-0.2, 0) is 28.6 Å². The Morgan fingerprint density at radius 3 is 2.18 bits per heavy atom. The predicted molar refractivity (Wildman–Crippen MR) is 105 cm³/mol. The molecule has 0 aromatic rings. The van der Waals surface area contributed by atoms with Crippen LogP contribution in [0, 0.1) is 5.41 Å². The van der Waals surface area contributed by atoms with Crippen molar-refractivity contribution in [3.63, 3.8) is 0 Å². The molecule has 1 aliphatic rings. The zero-order valence-corrected chi connectivity index (χ0v) is 16.1. The van der Waals surface area contributed by atoms with Crippen LogP contribution in [0.5, 0.6) is 0 Å². The van der Waals surface area contributed by atoms with E-state index in [9.17, 15) is 14.4 Å². The van der Waals surface area contributed by atoms with Crippen molar-refractivity contribution in [3.05, 3.63) is 61.5 Å². The van der Waals surface area contributed by atoms with E-state index in [1.807, 2.05) is 31.2 Å². The van der Waals surface area contributed by atoms with Crippen LogP contribution in [0.3, 0.4) is 0 Å². The Bertz CT molecular complexity index is 650. The number of rotatable bonds is 12. The quantitative estimate of drug-likeness (QED) is 0.312. The van der Waals surface area contributed by atoms with Gasteiger partial charge in [-0.25, -0.2) is 9.59 Å². The van der Waals surface area contributed by atoms with E-state index >= 15 is 0 Å². The largest absolute Gasteiger partial charge is 0.465 e. The molecule has 0 saturated carbocycles. The number of carbonyl (C=O) groups is 3. The van der Waals surface area contributed by atoms with Gasteiger partial charge in [-0.15, -0.1) is 0 Å². The summed E-state index contributed by atoms with van der Waals surface area (Å²) in [6, 6.07) is 0. The highest BCUT2D eigenvalue weighted by Crippen LogP contribution is 2.25. The first kappa shape index (κ1) is 23.0. The molecule has 1 aliphatic heterocycles. The van der Waals surface area contributed by atoms with Crippen LogP contribution >= 0.6 is 0 Å². The first-order valence-electron chi connectivity index (χ1n) is 8.97. The summed E-state index contributed by atoms with van der Waals surface area (Å²) in [6.07, 6.45) is 12.5. The lowest BCUT2D eigenvalue weighted by Crippen LogP contribution is -2.38. The molecule has 0 aromatic carbocycles. The SMILES string of the molecule is C=CC(=O)OCC(CC)(COC(=O)C=C)COC(=O)CCC1=CC=CC=CN1. The highest BCUT2D eigenvalue weighted by molar-refractivity contribution is 5.81. The van der Waals surface area contributed by atoms with Crippen LogP contribution in [0.1, 0.15) is 26.2 Å². The zero-order chi connectivity index (χ0) is 20.8. The minimum absolute atomic E-state index is 0.0521. The Balaban J connectivity index is 2.64. The fourth-order valence-corrected chi connectivity index (χ4v) is 2.19. The molecule has 152 valence electrons. The molecule has 7 heteroatoms. The van der Waals surface area contributed by atoms with E-state index in [-0.39, 0.29) is 26.2 Å². The van der Waals surface area contributed by atoms with Crippen LogP contribution in [-0.4, -0.2) is 37.7 Å². The maximum atomic E-state index is 12.2. The predicted octanol–water partition coefficient (Wildman–Crippen LogP) is 2.72. The summed E-state index contributed by atoms with van der Waals surface area (Å²) in [5, 5.41) is 3.08. The number of esters is 3. The normalized spacial score (nSPS) is 12.8. The molecule has 0 fully saturated rings. The highest BCUT2D eigenvalue weighted by atomic mass is 16.6. The summed E-state index contributed by atoms with van der Waals surface area (Å²) in [6.45, 7) is 8.32. The zero-order valence-electron chi connectivity index (χ0n) is 16.1. The molecule has 0 amide bonds. The third-order valence-corrected chi connectivity index (χ3v) is 4.15. The number of carbonyl (C=O) groups excluding carboxylic acids is 3. The fourth-order valence-electron chi connectivity index (χ4n) is 2.19. The molecule has 0 aromatic heterocycles. The fraction of sp³-hybridized carbons (Fsp3) is 0.381. The van der Waals surface area contributed by atoms with E-state index in [1.165, 1.54) is 0 Å². The van der Waals surface area contributed by atoms with Crippen molar-refractivity contribution in [1.29, 1.82) is 0 Å². The Morgan fingerprint density at radius 2 is 1.61 bits per heavy atom. The van der Waals surface area contributed by atoms with E-state index in [2.05, 4.69) is 18.5 Å². The molecule has 7 nitrogen and oxygen atoms in total. The molecule has 0 aliphatic carbocycles. The minimum Gasteiger partial charge on any atom is -0.465 e. The molecule has 0 unspecified atom stereocenters. The second-order valence-corrected chi connectivity index (χ2v) is 6.22. The first-order valence-corrected chi connectivity index (χ1v) is 8.97. The van der Waals surface area contributed by atoms with Crippen molar-refractivity contribution >= 4 is 17.9 Å². The average Bonchev–Trinajstić information content (AvgIpc) is 3.00. The van der Waals surface area contributed by atoms with E-state index in [0.717, 1.165) is 17.8 Å². The van der Waals surface area contributed by atoms with Crippen molar-refractivity contribution < 1.29 is 28.6 Å². The van der Waals surface area contributed by atoms with Crippen molar-refractivity contribution in [3.8, 4) is 0 Å². The van der Waals surface area contributed by atoms with E-state index in [1.54, 1.807) is 6.20 Å². The van der Waals surface area contributed by atoms with Gasteiger partial charge >= 0.3 is 17.9 Å². The molecule has 1 heterocycles. The molecule has 1 N–H and O–H groups in total. The van der Waals surface area contributed by atoms with Gasteiger partial charge in [0.2, 0.25) is 0 Å². The van der Waals surface area contributed by atoms with Crippen molar-refractivity contribution in [2.24, 2.45) is 5.41 Å². The molecule has 0 bridgehead atoms. The van der Waals surface area contributed by atoms with Crippen molar-refractivity contribution in [1.82, 2.24) is 5.32 Å². The van der Waals surface area contributed by atoms with Gasteiger partial charge in [-0.05, 0) is 25.0 Å². The maximum absolute atomic E-state index is 12.2. The number of hydrogen-bond acceptors (Lipinski definition) is 7. The lowest BCUT2D eigenvalue weighted by atomic mass is 9.88. The topological polar surface area (TPSA) is 90.9 Å². The molecule has 1 rings (SSSR count). The number of allylic oxidation sites excluding steroid dienone is 5. The maximum Gasteiger partial charge on any atom is 0.330 e. The summed E-state index contributed by atoms with van der Waals surface area (Å²) in [5.41, 5.74) is 0.0433. The smallest absolute Gasteiger partial charge is 0.330 e. The summed E-state index contributed by atoms with van der Waals surface area (Å²) < 4.78 is 15.6. The second-order valence-electron chi connectivity index (χ2n) is 6.22. The number of ether oxygens (including phenoxy) is 3. The van der Waals surface area contributed by atoms with Crippen molar-refractivity contribution in [2.45, 2.75) is 26.2 Å². The molecule has 0 atom stereocenters. The van der Waals surface area contributed by atoms with Crippen LogP contribution in [0.15, 0.2) is 61.5 Å². The van der Waals surface area contributed by atoms with Crippen LogP contribution < -0.4 is 5.32 Å². The molecule has 28 heavy (non-hydrogen) atoms. The second kappa shape index (κ2) is 12.3. The molecular weight excluding hydrogens is 362 g/mol. The lowest BCUT2D eigenvalue weighted by molar-refractivity contribution is -0.158. The summed E-state index contributed by atoms with van der Waals surface area (Å²) in [4.78, 5) is 35.0. The summed E-state index contributed by atoms with van der Waals surface area (Å²) in [7, 11) is 0. The Morgan fingerprint density at radius 1 is 1.00 bits per heavy atom. The highest BCUT2D eigenvalue weighted by Gasteiger charge is 2.33. The monoisotopic (exact) mass is 389 g/mol. The van der Waals surface area contributed by atoms with Gasteiger partial charge in [0.05, 0.1) is 11.8 Å². The van der Waals surface area contributed by atoms with Gasteiger partial charge in [-0.2, -0.15) is 0 Å².